The van der Waals surface area contributed by atoms with Crippen molar-refractivity contribution in [3.05, 3.63) is 101 Å². The molecule has 1 heterocycles. The third-order valence-corrected chi connectivity index (χ3v) is 6.48. The first-order chi connectivity index (χ1) is 16.3. The molecule has 0 aromatic heterocycles. The number of amides is 3. The van der Waals surface area contributed by atoms with Crippen molar-refractivity contribution in [1.82, 2.24) is 4.90 Å². The maximum atomic E-state index is 13.8. The van der Waals surface area contributed by atoms with Crippen molar-refractivity contribution in [1.29, 1.82) is 0 Å². The van der Waals surface area contributed by atoms with Gasteiger partial charge in [-0.15, -0.1) is 0 Å². The molecule has 1 fully saturated rings. The van der Waals surface area contributed by atoms with E-state index in [1.807, 2.05) is 74.5 Å². The molecule has 0 saturated carbocycles. The number of hydrogen-bond donors (Lipinski definition) is 0. The summed E-state index contributed by atoms with van der Waals surface area (Å²) in [6, 6.07) is 23.2. The van der Waals surface area contributed by atoms with Crippen LogP contribution in [0.3, 0.4) is 0 Å². The van der Waals surface area contributed by atoms with Gasteiger partial charge in [-0.2, -0.15) is 0 Å². The van der Waals surface area contributed by atoms with Gasteiger partial charge in [0.25, 0.3) is 11.8 Å². The molecule has 0 bridgehead atoms. The Bertz CT molecular complexity index is 1200. The molecule has 0 radical (unpaired) electrons. The second-order valence-corrected chi connectivity index (χ2v) is 9.20. The summed E-state index contributed by atoms with van der Waals surface area (Å²) < 4.78 is 0. The van der Waals surface area contributed by atoms with Gasteiger partial charge in [-0.25, -0.2) is 4.90 Å². The monoisotopic (exact) mass is 454 g/mol. The first kappa shape index (κ1) is 23.4. The van der Waals surface area contributed by atoms with Crippen molar-refractivity contribution in [2.45, 2.75) is 52.1 Å². The topological polar surface area (TPSA) is 57.7 Å². The van der Waals surface area contributed by atoms with Gasteiger partial charge < -0.3 is 4.90 Å². The molecule has 3 aromatic rings. The van der Waals surface area contributed by atoms with E-state index >= 15 is 0 Å². The van der Waals surface area contributed by atoms with Gasteiger partial charge >= 0.3 is 0 Å². The van der Waals surface area contributed by atoms with Gasteiger partial charge in [-0.05, 0) is 55.2 Å². The van der Waals surface area contributed by atoms with E-state index in [1.165, 1.54) is 4.90 Å². The number of anilines is 1. The molecule has 34 heavy (non-hydrogen) atoms. The predicted molar refractivity (Wildman–Crippen MR) is 134 cm³/mol. The average molecular weight is 455 g/mol. The molecular weight excluding hydrogens is 424 g/mol. The lowest BCUT2D eigenvalue weighted by Gasteiger charge is -2.34. The fourth-order valence-electron chi connectivity index (χ4n) is 4.52. The summed E-state index contributed by atoms with van der Waals surface area (Å²) in [6.45, 7) is 8.02. The maximum absolute atomic E-state index is 13.8. The van der Waals surface area contributed by atoms with Crippen molar-refractivity contribution in [3.63, 3.8) is 0 Å². The van der Waals surface area contributed by atoms with Gasteiger partial charge in [-0.3, -0.25) is 14.4 Å². The molecule has 1 saturated heterocycles. The molecule has 174 valence electrons. The van der Waals surface area contributed by atoms with Gasteiger partial charge in [0.15, 0.2) is 0 Å². The number of aryl methyl sites for hydroxylation is 1. The van der Waals surface area contributed by atoms with Gasteiger partial charge in [0.05, 0.1) is 18.2 Å². The lowest BCUT2D eigenvalue weighted by molar-refractivity contribution is -0.122. The number of imide groups is 1. The fraction of sp³-hybridized carbons (Fsp3) is 0.276. The van der Waals surface area contributed by atoms with Crippen LogP contribution in [0.2, 0.25) is 0 Å². The smallest absolute Gasteiger partial charge is 0.257 e. The standard InChI is InChI=1S/C29H30N2O3/c1-19(2)22-13-15-25(16-14-22)31-27(32)18-26(29(31)34)30(21(4)23-10-6-5-7-11-23)28(33)24-12-8-9-20(3)17-24/h5-17,19,21,26H,18H2,1-4H3. The summed E-state index contributed by atoms with van der Waals surface area (Å²) in [6.07, 6.45) is -0.0422. The van der Waals surface area contributed by atoms with E-state index in [1.54, 1.807) is 23.1 Å². The zero-order valence-corrected chi connectivity index (χ0v) is 20.1. The van der Waals surface area contributed by atoms with Crippen LogP contribution in [-0.4, -0.2) is 28.7 Å². The van der Waals surface area contributed by atoms with Crippen molar-refractivity contribution >= 4 is 23.4 Å². The van der Waals surface area contributed by atoms with Crippen LogP contribution in [-0.2, 0) is 9.59 Å². The Balaban J connectivity index is 1.71. The minimum Gasteiger partial charge on any atom is -0.319 e. The lowest BCUT2D eigenvalue weighted by atomic mass is 10.0. The number of benzene rings is 3. The van der Waals surface area contributed by atoms with E-state index < -0.39 is 6.04 Å². The lowest BCUT2D eigenvalue weighted by Crippen LogP contribution is -2.46. The minimum absolute atomic E-state index is 0.0422. The minimum atomic E-state index is -0.875. The molecule has 4 rings (SSSR count). The van der Waals surface area contributed by atoms with Crippen LogP contribution in [0.25, 0.3) is 0 Å². The summed E-state index contributed by atoms with van der Waals surface area (Å²) in [4.78, 5) is 43.2. The molecule has 1 aliphatic heterocycles. The Morgan fingerprint density at radius 3 is 2.18 bits per heavy atom. The summed E-state index contributed by atoms with van der Waals surface area (Å²) in [5.74, 6) is -0.579. The number of hydrogen-bond acceptors (Lipinski definition) is 3. The number of nitrogens with zero attached hydrogens (tertiary/aromatic N) is 2. The molecular formula is C29H30N2O3. The molecule has 1 aliphatic rings. The number of carbonyl (C=O) groups is 3. The van der Waals surface area contributed by atoms with E-state index in [9.17, 15) is 14.4 Å². The second kappa shape index (κ2) is 9.64. The first-order valence-electron chi connectivity index (χ1n) is 11.7. The maximum Gasteiger partial charge on any atom is 0.257 e. The summed E-state index contributed by atoms with van der Waals surface area (Å²) in [5, 5.41) is 0. The Kier molecular flexibility index (Phi) is 6.64. The van der Waals surface area contributed by atoms with Crippen molar-refractivity contribution < 1.29 is 14.4 Å². The quantitative estimate of drug-likeness (QED) is 0.452. The fourth-order valence-corrected chi connectivity index (χ4v) is 4.52. The second-order valence-electron chi connectivity index (χ2n) is 9.20. The highest BCUT2D eigenvalue weighted by atomic mass is 16.2. The van der Waals surface area contributed by atoms with Crippen molar-refractivity contribution in [2.24, 2.45) is 0 Å². The highest BCUT2D eigenvalue weighted by Crippen LogP contribution is 2.33. The molecule has 2 atom stereocenters. The van der Waals surface area contributed by atoms with Gasteiger partial charge in [0.1, 0.15) is 6.04 Å². The van der Waals surface area contributed by atoms with Gasteiger partial charge in [0.2, 0.25) is 5.91 Å². The van der Waals surface area contributed by atoms with E-state index in [2.05, 4.69) is 13.8 Å². The van der Waals surface area contributed by atoms with Crippen molar-refractivity contribution in [3.8, 4) is 0 Å². The molecule has 0 spiro atoms. The molecule has 5 nitrogen and oxygen atoms in total. The van der Waals surface area contributed by atoms with Crippen LogP contribution in [0.1, 0.15) is 66.2 Å². The predicted octanol–water partition coefficient (Wildman–Crippen LogP) is 5.65. The molecule has 3 amide bonds. The first-order valence-corrected chi connectivity index (χ1v) is 11.7. The van der Waals surface area contributed by atoms with Crippen LogP contribution >= 0.6 is 0 Å². The van der Waals surface area contributed by atoms with E-state index in [-0.39, 0.29) is 30.2 Å². The van der Waals surface area contributed by atoms with Crippen LogP contribution in [0, 0.1) is 6.92 Å². The average Bonchev–Trinajstić information content (AvgIpc) is 3.13. The van der Waals surface area contributed by atoms with Crippen LogP contribution < -0.4 is 4.90 Å². The van der Waals surface area contributed by atoms with E-state index in [0.29, 0.717) is 17.2 Å². The van der Waals surface area contributed by atoms with Crippen LogP contribution in [0.5, 0.6) is 0 Å². The normalized spacial score (nSPS) is 16.7. The molecule has 0 aliphatic carbocycles. The third kappa shape index (κ3) is 4.51. The molecule has 5 heteroatoms. The largest absolute Gasteiger partial charge is 0.319 e. The molecule has 2 unspecified atom stereocenters. The zero-order chi connectivity index (χ0) is 24.4. The van der Waals surface area contributed by atoms with Crippen LogP contribution in [0.15, 0.2) is 78.9 Å². The third-order valence-electron chi connectivity index (χ3n) is 6.48. The van der Waals surface area contributed by atoms with E-state index in [4.69, 9.17) is 0 Å². The summed E-state index contributed by atoms with van der Waals surface area (Å²) in [7, 11) is 0. The molecule has 0 N–H and O–H groups in total. The van der Waals surface area contributed by atoms with Gasteiger partial charge in [0, 0.05) is 5.56 Å². The zero-order valence-electron chi connectivity index (χ0n) is 20.1. The summed E-state index contributed by atoms with van der Waals surface area (Å²) in [5.41, 5.74) is 4.04. The van der Waals surface area contributed by atoms with E-state index in [0.717, 1.165) is 16.7 Å². The summed E-state index contributed by atoms with van der Waals surface area (Å²) >= 11 is 0. The Morgan fingerprint density at radius 2 is 1.56 bits per heavy atom. The highest BCUT2D eigenvalue weighted by molar-refractivity contribution is 6.23. The Hall–Kier alpha value is -3.73. The van der Waals surface area contributed by atoms with Crippen molar-refractivity contribution in [2.75, 3.05) is 4.90 Å². The van der Waals surface area contributed by atoms with Gasteiger partial charge in [-0.1, -0.05) is 74.0 Å². The number of rotatable bonds is 6. The Morgan fingerprint density at radius 1 is 0.882 bits per heavy atom. The highest BCUT2D eigenvalue weighted by Gasteiger charge is 2.46. The number of carbonyl (C=O) groups excluding carboxylic acids is 3. The Labute approximate surface area is 201 Å². The van der Waals surface area contributed by atoms with Crippen LogP contribution in [0.4, 0.5) is 5.69 Å². The molecule has 3 aromatic carbocycles. The SMILES string of the molecule is Cc1cccc(C(=O)N(C2CC(=O)N(c3ccc(C(C)C)cc3)C2=O)C(C)c2ccccc2)c1.